The number of carbonyl (C=O) groups excluding carboxylic acids is 3. The third-order valence-corrected chi connectivity index (χ3v) is 5.24. The molecule has 0 bridgehead atoms. The second-order valence-electron chi connectivity index (χ2n) is 5.45. The van der Waals surface area contributed by atoms with Crippen molar-refractivity contribution >= 4 is 57.2 Å². The van der Waals surface area contributed by atoms with Crippen molar-refractivity contribution in [2.45, 2.75) is 4.90 Å². The van der Waals surface area contributed by atoms with Crippen LogP contribution in [0.2, 0.25) is 10.0 Å². The van der Waals surface area contributed by atoms with E-state index in [2.05, 4.69) is 0 Å². The number of halogens is 2. The smallest absolute Gasteiger partial charge is 0.339 e. The van der Waals surface area contributed by atoms with E-state index in [0.717, 1.165) is 6.08 Å². The van der Waals surface area contributed by atoms with E-state index in [4.69, 9.17) is 27.4 Å². The number of carbonyl (C=O) groups is 3. The molecule has 4 amide bonds. The Morgan fingerprint density at radius 2 is 1.54 bits per heavy atom. The molecule has 2 aromatic carbocycles. The zero-order valence-electron chi connectivity index (χ0n) is 13.7. The van der Waals surface area contributed by atoms with Crippen LogP contribution in [-0.2, 0) is 19.7 Å². The molecule has 0 atom stereocenters. The van der Waals surface area contributed by atoms with Crippen molar-refractivity contribution in [3.63, 3.8) is 0 Å². The molecule has 1 saturated heterocycles. The fraction of sp³-hybridized carbons (Fsp3) is 0. The summed E-state index contributed by atoms with van der Waals surface area (Å²) in [7, 11) is -4.26. The van der Waals surface area contributed by atoms with Crippen molar-refractivity contribution in [3.05, 3.63) is 63.6 Å². The molecule has 2 aromatic rings. The highest BCUT2D eigenvalue weighted by Crippen LogP contribution is 2.36. The van der Waals surface area contributed by atoms with Crippen LogP contribution < -0.4 is 14.8 Å². The number of barbiturate groups is 1. The largest absolute Gasteiger partial charge is 0.377 e. The monoisotopic (exact) mass is 440 g/mol. The van der Waals surface area contributed by atoms with Crippen LogP contribution in [0.5, 0.6) is 5.75 Å². The standard InChI is InChI=1S/C17H10Cl2N2O6S/c18-10-6-9(7-12-15(22)20-17(24)21-16(12)23)14(13(19)8-10)27-28(25,26)11-4-2-1-3-5-11/h1-8H,(H2,20,21,22,23,24). The molecule has 0 spiro atoms. The Morgan fingerprint density at radius 1 is 0.929 bits per heavy atom. The number of hydrogen-bond acceptors (Lipinski definition) is 6. The van der Waals surface area contributed by atoms with E-state index < -0.39 is 33.5 Å². The molecule has 0 radical (unpaired) electrons. The summed E-state index contributed by atoms with van der Waals surface area (Å²) in [5.74, 6) is -2.27. The highest BCUT2D eigenvalue weighted by atomic mass is 35.5. The van der Waals surface area contributed by atoms with Gasteiger partial charge in [-0.05, 0) is 30.3 Å². The Kier molecular flexibility index (Phi) is 5.41. The molecule has 28 heavy (non-hydrogen) atoms. The van der Waals surface area contributed by atoms with Crippen molar-refractivity contribution in [1.29, 1.82) is 0 Å². The van der Waals surface area contributed by atoms with E-state index in [-0.39, 0.29) is 26.3 Å². The summed E-state index contributed by atoms with van der Waals surface area (Å²) in [4.78, 5) is 34.9. The van der Waals surface area contributed by atoms with Crippen molar-refractivity contribution in [2.75, 3.05) is 0 Å². The van der Waals surface area contributed by atoms with Gasteiger partial charge in [0, 0.05) is 10.6 Å². The highest BCUT2D eigenvalue weighted by Gasteiger charge is 2.29. The molecule has 0 unspecified atom stereocenters. The summed E-state index contributed by atoms with van der Waals surface area (Å²) in [5, 5.41) is 3.74. The Balaban J connectivity index is 2.09. The van der Waals surface area contributed by atoms with E-state index in [1.54, 1.807) is 6.07 Å². The van der Waals surface area contributed by atoms with Gasteiger partial charge >= 0.3 is 16.1 Å². The van der Waals surface area contributed by atoms with Crippen LogP contribution in [0.3, 0.4) is 0 Å². The molecule has 1 heterocycles. The number of benzene rings is 2. The topological polar surface area (TPSA) is 119 Å². The van der Waals surface area contributed by atoms with Crippen LogP contribution in [0.4, 0.5) is 4.79 Å². The zero-order chi connectivity index (χ0) is 20.5. The normalized spacial score (nSPS) is 14.4. The van der Waals surface area contributed by atoms with Crippen molar-refractivity contribution < 1.29 is 27.0 Å². The number of rotatable bonds is 4. The van der Waals surface area contributed by atoms with Crippen molar-refractivity contribution in [1.82, 2.24) is 10.6 Å². The van der Waals surface area contributed by atoms with Gasteiger partial charge in [0.15, 0.2) is 5.75 Å². The lowest BCUT2D eigenvalue weighted by Crippen LogP contribution is -2.51. The van der Waals surface area contributed by atoms with Crippen LogP contribution in [0.25, 0.3) is 6.08 Å². The van der Waals surface area contributed by atoms with Gasteiger partial charge in [-0.2, -0.15) is 8.42 Å². The van der Waals surface area contributed by atoms with Gasteiger partial charge < -0.3 is 4.18 Å². The minimum absolute atomic E-state index is 0.0494. The van der Waals surface area contributed by atoms with Gasteiger partial charge in [-0.25, -0.2) is 4.79 Å². The maximum atomic E-state index is 12.5. The fourth-order valence-corrected chi connectivity index (χ4v) is 3.87. The third kappa shape index (κ3) is 4.16. The summed E-state index contributed by atoms with van der Waals surface area (Å²) < 4.78 is 30.2. The molecule has 11 heteroatoms. The first-order valence-electron chi connectivity index (χ1n) is 7.54. The Hall–Kier alpha value is -2.88. The Morgan fingerprint density at radius 3 is 2.14 bits per heavy atom. The van der Waals surface area contributed by atoms with E-state index in [1.165, 1.54) is 36.4 Å². The first-order chi connectivity index (χ1) is 13.2. The summed E-state index contributed by atoms with van der Waals surface area (Å²) in [6.45, 7) is 0. The van der Waals surface area contributed by atoms with Gasteiger partial charge in [-0.15, -0.1) is 0 Å². The van der Waals surface area contributed by atoms with Gasteiger partial charge in [0.1, 0.15) is 10.5 Å². The highest BCUT2D eigenvalue weighted by molar-refractivity contribution is 7.87. The van der Waals surface area contributed by atoms with Crippen molar-refractivity contribution in [3.8, 4) is 5.75 Å². The summed E-state index contributed by atoms with van der Waals surface area (Å²) in [5.41, 5.74) is -0.508. The Bertz CT molecular complexity index is 1110. The maximum Gasteiger partial charge on any atom is 0.339 e. The maximum absolute atomic E-state index is 12.5. The average molecular weight is 441 g/mol. The quantitative estimate of drug-likeness (QED) is 0.428. The number of nitrogens with one attached hydrogen (secondary N) is 2. The number of urea groups is 1. The summed E-state index contributed by atoms with van der Waals surface area (Å²) >= 11 is 12.0. The first-order valence-corrected chi connectivity index (χ1v) is 9.71. The summed E-state index contributed by atoms with van der Waals surface area (Å²) in [6, 6.07) is 8.83. The second kappa shape index (κ2) is 7.63. The molecule has 3 rings (SSSR count). The van der Waals surface area contributed by atoms with E-state index in [1.807, 2.05) is 10.6 Å². The minimum atomic E-state index is -4.26. The lowest BCUT2D eigenvalue weighted by molar-refractivity contribution is -0.123. The van der Waals surface area contributed by atoms with Crippen LogP contribution in [-0.4, -0.2) is 26.3 Å². The zero-order valence-corrected chi connectivity index (χ0v) is 16.1. The molecule has 0 aromatic heterocycles. The second-order valence-corrected chi connectivity index (χ2v) is 7.84. The van der Waals surface area contributed by atoms with Gasteiger partial charge in [-0.3, -0.25) is 20.2 Å². The van der Waals surface area contributed by atoms with Crippen LogP contribution in [0, 0.1) is 0 Å². The van der Waals surface area contributed by atoms with Gasteiger partial charge in [0.2, 0.25) is 0 Å². The molecule has 144 valence electrons. The van der Waals surface area contributed by atoms with Crippen LogP contribution in [0.15, 0.2) is 52.9 Å². The van der Waals surface area contributed by atoms with Crippen molar-refractivity contribution in [2.24, 2.45) is 0 Å². The average Bonchev–Trinajstić information content (AvgIpc) is 2.61. The molecule has 1 fully saturated rings. The van der Waals surface area contributed by atoms with E-state index >= 15 is 0 Å². The van der Waals surface area contributed by atoms with Gasteiger partial charge in [-0.1, -0.05) is 41.4 Å². The summed E-state index contributed by atoms with van der Waals surface area (Å²) in [6.07, 6.45) is 1.02. The number of imide groups is 2. The predicted octanol–water partition coefficient (Wildman–Crippen LogP) is 2.51. The van der Waals surface area contributed by atoms with Crippen LogP contribution >= 0.6 is 23.2 Å². The number of hydrogen-bond donors (Lipinski definition) is 2. The molecule has 1 aliphatic rings. The van der Waals surface area contributed by atoms with Gasteiger partial charge in [0.25, 0.3) is 11.8 Å². The third-order valence-electron chi connectivity index (χ3n) is 3.51. The fourth-order valence-electron chi connectivity index (χ4n) is 2.28. The lowest BCUT2D eigenvalue weighted by atomic mass is 10.1. The van der Waals surface area contributed by atoms with E-state index in [0.29, 0.717) is 0 Å². The minimum Gasteiger partial charge on any atom is -0.377 e. The lowest BCUT2D eigenvalue weighted by Gasteiger charge is -2.16. The molecular weight excluding hydrogens is 431 g/mol. The Labute approximate surface area is 169 Å². The predicted molar refractivity (Wildman–Crippen MR) is 100 cm³/mol. The van der Waals surface area contributed by atoms with Gasteiger partial charge in [0.05, 0.1) is 5.02 Å². The first kappa shape index (κ1) is 19.9. The van der Waals surface area contributed by atoms with Crippen LogP contribution in [0.1, 0.15) is 5.56 Å². The molecule has 2 N–H and O–H groups in total. The molecule has 0 saturated carbocycles. The molecule has 8 nitrogen and oxygen atoms in total. The molecular formula is C17H10Cl2N2O6S. The molecule has 0 aliphatic carbocycles. The molecule has 1 aliphatic heterocycles. The number of amides is 4. The van der Waals surface area contributed by atoms with E-state index in [9.17, 15) is 22.8 Å². The SMILES string of the molecule is O=C1NC(=O)C(=Cc2cc(Cl)cc(Cl)c2OS(=O)(=O)c2ccccc2)C(=O)N1.